The number of halogens is 2. The molecular weight excluding hydrogens is 554 g/mol. The highest BCUT2D eigenvalue weighted by Crippen LogP contribution is 2.30. The van der Waals surface area contributed by atoms with Crippen molar-refractivity contribution in [2.45, 2.75) is 51.2 Å². The Hall–Kier alpha value is -3.90. The van der Waals surface area contributed by atoms with Crippen LogP contribution in [0.15, 0.2) is 48.5 Å². The van der Waals surface area contributed by atoms with Crippen molar-refractivity contribution in [3.8, 4) is 11.7 Å². The quantitative estimate of drug-likeness (QED) is 0.292. The lowest BCUT2D eigenvalue weighted by Gasteiger charge is -2.32. The maximum absolute atomic E-state index is 14.2. The number of nitrogens with one attached hydrogen (secondary N) is 1. The summed E-state index contributed by atoms with van der Waals surface area (Å²) in [5.41, 5.74) is 1.50. The zero-order valence-electron chi connectivity index (χ0n) is 24.8. The van der Waals surface area contributed by atoms with Gasteiger partial charge in [0, 0.05) is 31.7 Å². The van der Waals surface area contributed by atoms with E-state index in [1.165, 1.54) is 4.57 Å². The summed E-state index contributed by atoms with van der Waals surface area (Å²) in [6.45, 7) is 8.39. The summed E-state index contributed by atoms with van der Waals surface area (Å²) in [5.74, 6) is 1.25. The Morgan fingerprint density at radius 2 is 1.63 bits per heavy atom. The largest absolute Gasteiger partial charge is 0.490 e. The number of piperidine rings is 1. The predicted molar refractivity (Wildman–Crippen MR) is 161 cm³/mol. The van der Waals surface area contributed by atoms with Crippen LogP contribution < -0.4 is 15.0 Å². The van der Waals surface area contributed by atoms with Crippen molar-refractivity contribution in [3.63, 3.8) is 0 Å². The molecule has 2 aromatic heterocycles. The van der Waals surface area contributed by atoms with Crippen molar-refractivity contribution < 1.29 is 18.3 Å². The highest BCUT2D eigenvalue weighted by molar-refractivity contribution is 5.77. The highest BCUT2D eigenvalue weighted by atomic mass is 19.3. The van der Waals surface area contributed by atoms with Gasteiger partial charge < -0.3 is 24.6 Å². The Balaban J connectivity index is 1.32. The lowest BCUT2D eigenvalue weighted by atomic mass is 9.94. The van der Waals surface area contributed by atoms with E-state index < -0.39 is 17.8 Å². The first kappa shape index (κ1) is 29.2. The molecular formula is C31H38F2N8O2. The molecule has 0 bridgehead atoms. The first-order valence-corrected chi connectivity index (χ1v) is 14.8. The van der Waals surface area contributed by atoms with Crippen LogP contribution in [0.4, 0.5) is 20.7 Å². The summed E-state index contributed by atoms with van der Waals surface area (Å²) in [6.07, 6.45) is -0.0170. The maximum atomic E-state index is 14.2. The van der Waals surface area contributed by atoms with Gasteiger partial charge in [0.1, 0.15) is 11.9 Å². The predicted octanol–water partition coefficient (Wildman–Crippen LogP) is 4.89. The van der Waals surface area contributed by atoms with Crippen LogP contribution in [0.5, 0.6) is 5.75 Å². The van der Waals surface area contributed by atoms with Gasteiger partial charge >= 0.3 is 0 Å². The van der Waals surface area contributed by atoms with Gasteiger partial charge in [-0.3, -0.25) is 4.57 Å². The van der Waals surface area contributed by atoms with Gasteiger partial charge in [0.2, 0.25) is 17.8 Å². The van der Waals surface area contributed by atoms with E-state index in [1.807, 2.05) is 23.1 Å². The molecule has 1 N–H and O–H groups in total. The number of hydrogen-bond donors (Lipinski definition) is 1. The molecule has 6 rings (SSSR count). The molecule has 0 unspecified atom stereocenters. The Kier molecular flexibility index (Phi) is 8.40. The third-order valence-corrected chi connectivity index (χ3v) is 7.90. The Bertz CT molecular complexity index is 1550. The number of aromatic nitrogens is 5. The van der Waals surface area contributed by atoms with Crippen molar-refractivity contribution >= 4 is 22.9 Å². The zero-order valence-corrected chi connectivity index (χ0v) is 24.8. The number of nitrogens with zero attached hydrogens (tertiary/aromatic N) is 7. The summed E-state index contributed by atoms with van der Waals surface area (Å²) in [5, 5.41) is 3.48. The SMILES string of the molecule is CN1CCC(Oc2ccccc2CC(C)(C)Nc2nc(N3CCOCC3)nc(-n3c(C(F)F)nc4ccccc43)n2)CC1. The highest BCUT2D eigenvalue weighted by Gasteiger charge is 2.28. The molecule has 0 atom stereocenters. The topological polar surface area (TPSA) is 93.5 Å². The molecule has 0 saturated carbocycles. The fraction of sp³-hybridized carbons (Fsp3) is 0.484. The number of imidazole rings is 1. The van der Waals surface area contributed by atoms with Crippen LogP contribution in [0.1, 0.15) is 44.5 Å². The number of hydrogen-bond acceptors (Lipinski definition) is 9. The Labute approximate surface area is 250 Å². The number of fused-ring (bicyclic) bond motifs is 1. The summed E-state index contributed by atoms with van der Waals surface area (Å²) < 4.78 is 41.8. The van der Waals surface area contributed by atoms with Crippen LogP contribution in [-0.2, 0) is 11.2 Å². The molecule has 43 heavy (non-hydrogen) atoms. The first-order valence-electron chi connectivity index (χ1n) is 14.8. The van der Waals surface area contributed by atoms with Gasteiger partial charge in [0.15, 0.2) is 5.82 Å². The number of alkyl halides is 2. The Morgan fingerprint density at radius 3 is 2.40 bits per heavy atom. The van der Waals surface area contributed by atoms with Crippen molar-refractivity contribution in [1.82, 2.24) is 29.4 Å². The van der Waals surface area contributed by atoms with Crippen LogP contribution in [-0.4, -0.2) is 87.5 Å². The summed E-state index contributed by atoms with van der Waals surface area (Å²) in [4.78, 5) is 22.6. The lowest BCUT2D eigenvalue weighted by Crippen LogP contribution is -2.39. The number of para-hydroxylation sites is 3. The third kappa shape index (κ3) is 6.70. The van der Waals surface area contributed by atoms with Gasteiger partial charge in [0.25, 0.3) is 6.43 Å². The van der Waals surface area contributed by atoms with Crippen LogP contribution >= 0.6 is 0 Å². The number of morpholine rings is 1. The van der Waals surface area contributed by atoms with E-state index in [1.54, 1.807) is 24.3 Å². The number of anilines is 2. The molecule has 4 heterocycles. The summed E-state index contributed by atoms with van der Waals surface area (Å²) >= 11 is 0. The number of rotatable bonds is 9. The van der Waals surface area contributed by atoms with Gasteiger partial charge in [-0.1, -0.05) is 30.3 Å². The molecule has 2 aliphatic rings. The van der Waals surface area contributed by atoms with Gasteiger partial charge in [-0.25, -0.2) is 13.8 Å². The minimum atomic E-state index is -2.81. The fourth-order valence-corrected chi connectivity index (χ4v) is 5.69. The van der Waals surface area contributed by atoms with Gasteiger partial charge in [-0.15, -0.1) is 0 Å². The molecule has 0 spiro atoms. The van der Waals surface area contributed by atoms with E-state index in [9.17, 15) is 8.78 Å². The average Bonchev–Trinajstić information content (AvgIpc) is 3.39. The minimum absolute atomic E-state index is 0.0878. The molecule has 4 aromatic rings. The second-order valence-electron chi connectivity index (χ2n) is 11.9. The lowest BCUT2D eigenvalue weighted by molar-refractivity contribution is 0.113. The summed E-state index contributed by atoms with van der Waals surface area (Å²) in [6, 6.07) is 15.1. The molecule has 0 amide bonds. The monoisotopic (exact) mass is 592 g/mol. The van der Waals surface area contributed by atoms with E-state index in [4.69, 9.17) is 14.5 Å². The van der Waals surface area contributed by atoms with Crippen molar-refractivity contribution in [1.29, 1.82) is 0 Å². The average molecular weight is 593 g/mol. The van der Waals surface area contributed by atoms with E-state index in [2.05, 4.69) is 52.1 Å². The molecule has 0 radical (unpaired) electrons. The molecule has 0 aliphatic carbocycles. The first-order chi connectivity index (χ1) is 20.8. The molecule has 2 aromatic carbocycles. The van der Waals surface area contributed by atoms with Gasteiger partial charge in [-0.05, 0) is 63.9 Å². The molecule has 12 heteroatoms. The number of benzene rings is 2. The van der Waals surface area contributed by atoms with Crippen LogP contribution in [0.3, 0.4) is 0 Å². The van der Waals surface area contributed by atoms with E-state index in [0.717, 1.165) is 37.2 Å². The number of ether oxygens (including phenoxy) is 2. The van der Waals surface area contributed by atoms with E-state index in [0.29, 0.717) is 55.7 Å². The van der Waals surface area contributed by atoms with Crippen molar-refractivity contribution in [2.24, 2.45) is 0 Å². The van der Waals surface area contributed by atoms with Gasteiger partial charge in [0.05, 0.1) is 24.2 Å². The van der Waals surface area contributed by atoms with Crippen molar-refractivity contribution in [2.75, 3.05) is 56.7 Å². The smallest absolute Gasteiger partial charge is 0.296 e. The normalized spacial score (nSPS) is 17.1. The Morgan fingerprint density at radius 1 is 0.930 bits per heavy atom. The molecule has 2 saturated heterocycles. The summed E-state index contributed by atoms with van der Waals surface area (Å²) in [7, 11) is 2.14. The number of likely N-dealkylation sites (tertiary alicyclic amines) is 1. The second-order valence-corrected chi connectivity index (χ2v) is 11.9. The second kappa shape index (κ2) is 12.4. The molecule has 10 nitrogen and oxygen atoms in total. The minimum Gasteiger partial charge on any atom is -0.490 e. The van der Waals surface area contributed by atoms with E-state index in [-0.39, 0.29) is 12.1 Å². The van der Waals surface area contributed by atoms with E-state index >= 15 is 0 Å². The molecule has 228 valence electrons. The molecule has 2 fully saturated rings. The standard InChI is InChI=1S/C31H38F2N8O2/c1-31(2,20-21-8-4-7-11-25(21)43-22-12-14-39(3)15-13-22)38-28-35-29(40-16-18-42-19-17-40)37-30(36-28)41-24-10-6-5-9-23(24)34-27(41)26(32)33/h4-11,22,26H,12-20H2,1-3H3,(H,35,36,37,38). The fourth-order valence-electron chi connectivity index (χ4n) is 5.69. The van der Waals surface area contributed by atoms with Crippen LogP contribution in [0.25, 0.3) is 17.0 Å². The third-order valence-electron chi connectivity index (χ3n) is 7.90. The van der Waals surface area contributed by atoms with Crippen molar-refractivity contribution in [3.05, 3.63) is 59.9 Å². The molecule has 2 aliphatic heterocycles. The zero-order chi connectivity index (χ0) is 30.0. The maximum Gasteiger partial charge on any atom is 0.296 e. The van der Waals surface area contributed by atoms with Crippen LogP contribution in [0.2, 0.25) is 0 Å². The van der Waals surface area contributed by atoms with Gasteiger partial charge in [-0.2, -0.15) is 15.0 Å². The van der Waals surface area contributed by atoms with Crippen LogP contribution in [0, 0.1) is 0 Å².